The summed E-state index contributed by atoms with van der Waals surface area (Å²) in [4.78, 5) is 0. The monoisotopic (exact) mass is 278 g/mol. The molecule has 0 fully saturated rings. The van der Waals surface area contributed by atoms with Crippen LogP contribution in [-0.2, 0) is 9.72 Å². The van der Waals surface area contributed by atoms with Crippen molar-refractivity contribution in [2.24, 2.45) is 0 Å². The summed E-state index contributed by atoms with van der Waals surface area (Å²) in [5.41, 5.74) is 5.29. The van der Waals surface area contributed by atoms with Crippen molar-refractivity contribution in [3.05, 3.63) is 34.4 Å². The molecule has 0 aliphatic rings. The lowest BCUT2D eigenvalue weighted by Crippen LogP contribution is -2.16. The van der Waals surface area contributed by atoms with Crippen LogP contribution < -0.4 is 0 Å². The molecule has 0 bridgehead atoms. The van der Waals surface area contributed by atoms with Crippen molar-refractivity contribution in [3.8, 4) is 0 Å². The van der Waals surface area contributed by atoms with Gasteiger partial charge in [-0.2, -0.15) is 0 Å². The summed E-state index contributed by atoms with van der Waals surface area (Å²) >= 11 is 0. The van der Waals surface area contributed by atoms with Crippen LogP contribution in [0.3, 0.4) is 0 Å². The topological polar surface area (TPSA) is 17.1 Å². The molecule has 0 saturated carbocycles. The van der Waals surface area contributed by atoms with Gasteiger partial charge in [0.25, 0.3) is 0 Å². The third kappa shape index (κ3) is 3.45. The minimum Gasteiger partial charge on any atom is -0.274 e. The zero-order valence-corrected chi connectivity index (χ0v) is 14.1. The van der Waals surface area contributed by atoms with Crippen molar-refractivity contribution in [1.29, 1.82) is 0 Å². The summed E-state index contributed by atoms with van der Waals surface area (Å²) in [6.45, 7) is 13.1. The Kier molecular flexibility index (Phi) is 5.74. The molecule has 0 amide bonds. The lowest BCUT2D eigenvalue weighted by Gasteiger charge is -2.26. The Morgan fingerprint density at radius 3 is 2.32 bits per heavy atom. The average molecular weight is 278 g/mol. The second-order valence-corrected chi connectivity index (χ2v) is 7.12. The molecule has 2 atom stereocenters. The summed E-state index contributed by atoms with van der Waals surface area (Å²) in [5.74, 6) is 0.593. The minimum atomic E-state index is -0.239. The van der Waals surface area contributed by atoms with E-state index in [1.807, 2.05) is 0 Å². The van der Waals surface area contributed by atoms with E-state index in [0.717, 1.165) is 19.3 Å². The van der Waals surface area contributed by atoms with Gasteiger partial charge in [-0.1, -0.05) is 39.3 Å². The molecule has 0 saturated heterocycles. The molecule has 0 spiro atoms. The fraction of sp³-hybridized carbons (Fsp3) is 0.647. The smallest absolute Gasteiger partial charge is 0.166 e. The lowest BCUT2D eigenvalue weighted by molar-refractivity contribution is 0.538. The highest BCUT2D eigenvalue weighted by molar-refractivity contribution is 7.25. The van der Waals surface area contributed by atoms with Crippen molar-refractivity contribution in [2.75, 3.05) is 0 Å². The van der Waals surface area contributed by atoms with E-state index in [9.17, 15) is 4.57 Å². The van der Waals surface area contributed by atoms with Crippen LogP contribution >= 0.6 is 8.46 Å². The molecule has 2 unspecified atom stereocenters. The summed E-state index contributed by atoms with van der Waals surface area (Å²) in [7, 11) is 0.232. The number of rotatable bonds is 6. The molecule has 106 valence electrons. The Bertz CT molecular complexity index is 453. The number of benzene rings is 1. The highest BCUT2D eigenvalue weighted by Gasteiger charge is 2.29. The van der Waals surface area contributed by atoms with Crippen LogP contribution in [0.2, 0.25) is 0 Å². The first-order valence-electron chi connectivity index (χ1n) is 7.35. The third-order valence-electron chi connectivity index (χ3n) is 4.27. The van der Waals surface area contributed by atoms with Gasteiger partial charge >= 0.3 is 0 Å². The number of hydrogen-bond acceptors (Lipinski definition) is 1. The Morgan fingerprint density at radius 2 is 1.84 bits per heavy atom. The molecule has 1 nitrogen and oxygen atoms in total. The lowest BCUT2D eigenvalue weighted by atomic mass is 9.85. The zero-order valence-electron chi connectivity index (χ0n) is 13.2. The average Bonchev–Trinajstić information content (AvgIpc) is 2.40. The fourth-order valence-corrected chi connectivity index (χ4v) is 3.54. The molecular formula is C17H27OP. The Hall–Kier alpha value is -0.680. The van der Waals surface area contributed by atoms with Crippen molar-refractivity contribution >= 4 is 8.46 Å². The molecule has 1 aromatic rings. The van der Waals surface area contributed by atoms with Gasteiger partial charge in [0, 0.05) is 0 Å². The number of hydrogen-bond donors (Lipinski definition) is 0. The van der Waals surface area contributed by atoms with Crippen LogP contribution in [-0.4, -0.2) is 0 Å². The van der Waals surface area contributed by atoms with E-state index in [1.54, 1.807) is 0 Å². The highest BCUT2D eigenvalue weighted by Crippen LogP contribution is 2.42. The van der Waals surface area contributed by atoms with Crippen molar-refractivity contribution in [3.63, 3.8) is 0 Å². The van der Waals surface area contributed by atoms with Crippen molar-refractivity contribution < 1.29 is 4.57 Å². The van der Waals surface area contributed by atoms with Gasteiger partial charge in [-0.15, -0.1) is 0 Å². The molecule has 2 heteroatoms. The zero-order chi connectivity index (χ0) is 14.6. The van der Waals surface area contributed by atoms with Gasteiger partial charge in [0.05, 0.1) is 5.16 Å². The van der Waals surface area contributed by atoms with Crippen LogP contribution in [0.1, 0.15) is 75.1 Å². The van der Waals surface area contributed by atoms with E-state index < -0.39 is 0 Å². The van der Waals surface area contributed by atoms with E-state index >= 15 is 0 Å². The van der Waals surface area contributed by atoms with Gasteiger partial charge in [-0.05, 0) is 61.8 Å². The third-order valence-corrected chi connectivity index (χ3v) is 5.14. The normalized spacial score (nSPS) is 16.3. The molecule has 0 heterocycles. The summed E-state index contributed by atoms with van der Waals surface area (Å²) < 4.78 is 11.7. The maximum absolute atomic E-state index is 11.7. The van der Waals surface area contributed by atoms with Gasteiger partial charge in [0.1, 0.15) is 0 Å². The molecule has 19 heavy (non-hydrogen) atoms. The van der Waals surface area contributed by atoms with Gasteiger partial charge in [0.15, 0.2) is 8.46 Å². The van der Waals surface area contributed by atoms with Gasteiger partial charge in [-0.25, -0.2) is 0 Å². The molecule has 0 aromatic heterocycles. The summed E-state index contributed by atoms with van der Waals surface area (Å²) in [6, 6.07) is 4.56. The Balaban J connectivity index is 3.32. The first kappa shape index (κ1) is 16.4. The van der Waals surface area contributed by atoms with Crippen LogP contribution in [0.5, 0.6) is 0 Å². The first-order valence-corrected chi connectivity index (χ1v) is 8.17. The van der Waals surface area contributed by atoms with Gasteiger partial charge in [-0.3, -0.25) is 4.57 Å². The Labute approximate surface area is 120 Å². The standard InChI is InChI=1S/C17H27OP/c1-7-9-17(6,19-18)16-11-13(4)15(10-14(16)5)12(3)8-2/h10-12H,7-9H2,1-6H3. The minimum absolute atomic E-state index is 0.232. The molecule has 0 aliphatic heterocycles. The van der Waals surface area contributed by atoms with Crippen molar-refractivity contribution in [1.82, 2.24) is 0 Å². The second kappa shape index (κ2) is 6.66. The molecule has 1 rings (SSSR count). The first-order chi connectivity index (χ1) is 8.89. The number of aryl methyl sites for hydroxylation is 2. The van der Waals surface area contributed by atoms with E-state index in [-0.39, 0.29) is 13.6 Å². The van der Waals surface area contributed by atoms with Gasteiger partial charge < -0.3 is 0 Å². The van der Waals surface area contributed by atoms with Crippen LogP contribution in [0.15, 0.2) is 12.1 Å². The maximum atomic E-state index is 11.7. The maximum Gasteiger partial charge on any atom is 0.166 e. The SMILES string of the molecule is CCCC(C)(P=O)c1cc(C)c(C(C)CC)cc1C. The molecule has 0 aliphatic carbocycles. The Morgan fingerprint density at radius 1 is 1.21 bits per heavy atom. The van der Waals surface area contributed by atoms with E-state index in [4.69, 9.17) is 0 Å². The highest BCUT2D eigenvalue weighted by atomic mass is 31.1. The van der Waals surface area contributed by atoms with Gasteiger partial charge in [0.2, 0.25) is 0 Å². The predicted molar refractivity (Wildman–Crippen MR) is 84.5 cm³/mol. The van der Waals surface area contributed by atoms with E-state index in [2.05, 4.69) is 53.7 Å². The molecule has 1 aromatic carbocycles. The quantitative estimate of drug-likeness (QED) is 0.572. The fourth-order valence-electron chi connectivity index (χ4n) is 2.89. The predicted octanol–water partition coefficient (Wildman–Crippen LogP) is 6.12. The molecular weight excluding hydrogens is 251 g/mol. The molecule has 0 N–H and O–H groups in total. The van der Waals surface area contributed by atoms with E-state index in [1.165, 1.54) is 22.3 Å². The van der Waals surface area contributed by atoms with Crippen LogP contribution in [0.25, 0.3) is 0 Å². The summed E-state index contributed by atoms with van der Waals surface area (Å²) in [6.07, 6.45) is 3.17. The van der Waals surface area contributed by atoms with Crippen LogP contribution in [0, 0.1) is 13.8 Å². The van der Waals surface area contributed by atoms with E-state index in [0.29, 0.717) is 5.92 Å². The summed E-state index contributed by atoms with van der Waals surface area (Å²) in [5, 5.41) is -0.239. The largest absolute Gasteiger partial charge is 0.274 e. The second-order valence-electron chi connectivity index (χ2n) is 5.95. The molecule has 0 radical (unpaired) electrons. The van der Waals surface area contributed by atoms with Crippen molar-refractivity contribution in [2.45, 2.75) is 71.9 Å². The van der Waals surface area contributed by atoms with Crippen LogP contribution in [0.4, 0.5) is 0 Å².